The number of para-hydroxylation sites is 1. The van der Waals surface area contributed by atoms with Crippen LogP contribution in [0.1, 0.15) is 26.7 Å². The monoisotopic (exact) mass is 296 g/mol. The quantitative estimate of drug-likeness (QED) is 0.819. The highest BCUT2D eigenvalue weighted by Crippen LogP contribution is 2.36. The van der Waals surface area contributed by atoms with Crippen molar-refractivity contribution >= 4 is 17.3 Å². The van der Waals surface area contributed by atoms with Gasteiger partial charge in [0.2, 0.25) is 0 Å². The number of rotatable bonds is 2. The minimum Gasteiger partial charge on any atom is -0.362 e. The molecule has 0 saturated carbocycles. The van der Waals surface area contributed by atoms with Crippen molar-refractivity contribution in [3.63, 3.8) is 0 Å². The Hall–Kier alpha value is -0.800. The zero-order valence-electron chi connectivity index (χ0n) is 12.1. The first-order valence-electron chi connectivity index (χ1n) is 7.52. The second kappa shape index (κ2) is 5.53. The Morgan fingerprint density at radius 1 is 1.30 bits per heavy atom. The lowest BCUT2D eigenvalue weighted by Gasteiger charge is -2.47. The molecule has 0 aromatic heterocycles. The molecule has 1 aromatic carbocycles. The van der Waals surface area contributed by atoms with Gasteiger partial charge in [0.25, 0.3) is 0 Å². The molecule has 0 radical (unpaired) electrons. The maximum absolute atomic E-state index is 14.3. The van der Waals surface area contributed by atoms with E-state index in [4.69, 9.17) is 11.6 Å². The molecule has 0 bridgehead atoms. The fraction of sp³-hybridized carbons (Fsp3) is 0.625. The number of piperazine rings is 1. The van der Waals surface area contributed by atoms with Gasteiger partial charge in [0.15, 0.2) is 0 Å². The molecule has 0 amide bonds. The molecule has 1 aromatic rings. The van der Waals surface area contributed by atoms with Gasteiger partial charge in [0, 0.05) is 25.2 Å². The molecular formula is C16H22ClFN2. The third-order valence-corrected chi connectivity index (χ3v) is 5.03. The van der Waals surface area contributed by atoms with E-state index in [9.17, 15) is 4.39 Å². The van der Waals surface area contributed by atoms with Gasteiger partial charge in [-0.05, 0) is 37.4 Å². The summed E-state index contributed by atoms with van der Waals surface area (Å²) < 4.78 is 14.3. The standard InChI is InChI=1S/C16H22ClFN2/c1-11(2)15-10-19-8-4-5-12(19)9-20(15)16-13(17)6-3-7-14(16)18/h3,6-7,11-12,15H,4-5,8-10H2,1-2H3. The molecule has 0 spiro atoms. The second-order valence-corrected chi connectivity index (χ2v) is 6.73. The smallest absolute Gasteiger partial charge is 0.148 e. The maximum Gasteiger partial charge on any atom is 0.148 e. The van der Waals surface area contributed by atoms with Gasteiger partial charge in [0.1, 0.15) is 5.82 Å². The van der Waals surface area contributed by atoms with E-state index < -0.39 is 0 Å². The first kappa shape index (κ1) is 14.2. The average molecular weight is 297 g/mol. The maximum atomic E-state index is 14.3. The van der Waals surface area contributed by atoms with Crippen LogP contribution < -0.4 is 4.90 Å². The number of nitrogens with zero attached hydrogens (tertiary/aromatic N) is 2. The van der Waals surface area contributed by atoms with Crippen molar-refractivity contribution in [2.45, 2.75) is 38.8 Å². The summed E-state index contributed by atoms with van der Waals surface area (Å²) in [6.07, 6.45) is 2.47. The lowest BCUT2D eigenvalue weighted by Crippen LogP contribution is -2.58. The second-order valence-electron chi connectivity index (χ2n) is 6.32. The normalized spacial score (nSPS) is 27.1. The third kappa shape index (κ3) is 2.42. The van der Waals surface area contributed by atoms with E-state index in [1.54, 1.807) is 12.1 Å². The molecule has 2 aliphatic heterocycles. The first-order valence-corrected chi connectivity index (χ1v) is 7.90. The summed E-state index contributed by atoms with van der Waals surface area (Å²) in [7, 11) is 0. The van der Waals surface area contributed by atoms with Crippen LogP contribution in [0.25, 0.3) is 0 Å². The molecule has 3 rings (SSSR count). The van der Waals surface area contributed by atoms with Crippen LogP contribution in [-0.2, 0) is 0 Å². The molecule has 4 heteroatoms. The largest absolute Gasteiger partial charge is 0.362 e. The predicted molar refractivity (Wildman–Crippen MR) is 82.0 cm³/mol. The molecule has 110 valence electrons. The zero-order chi connectivity index (χ0) is 14.3. The number of halogens is 2. The van der Waals surface area contributed by atoms with Gasteiger partial charge in [-0.3, -0.25) is 4.90 Å². The van der Waals surface area contributed by atoms with Crippen LogP contribution in [0, 0.1) is 11.7 Å². The van der Waals surface area contributed by atoms with Crippen LogP contribution in [0.15, 0.2) is 18.2 Å². The van der Waals surface area contributed by atoms with Gasteiger partial charge >= 0.3 is 0 Å². The Morgan fingerprint density at radius 3 is 2.80 bits per heavy atom. The minimum absolute atomic E-state index is 0.199. The summed E-state index contributed by atoms with van der Waals surface area (Å²) in [5, 5.41) is 0.530. The summed E-state index contributed by atoms with van der Waals surface area (Å²) in [4.78, 5) is 4.78. The van der Waals surface area contributed by atoms with E-state index in [0.29, 0.717) is 28.7 Å². The van der Waals surface area contributed by atoms with Gasteiger partial charge in [-0.2, -0.15) is 0 Å². The van der Waals surface area contributed by atoms with Crippen LogP contribution in [0.2, 0.25) is 5.02 Å². The summed E-state index contributed by atoms with van der Waals surface area (Å²) in [5.41, 5.74) is 0.597. The number of anilines is 1. The highest BCUT2D eigenvalue weighted by Gasteiger charge is 2.38. The van der Waals surface area contributed by atoms with Gasteiger partial charge in [0.05, 0.1) is 10.7 Å². The van der Waals surface area contributed by atoms with E-state index in [2.05, 4.69) is 23.6 Å². The summed E-state index contributed by atoms with van der Waals surface area (Å²) in [5.74, 6) is 0.279. The van der Waals surface area contributed by atoms with Gasteiger partial charge in [-0.1, -0.05) is 31.5 Å². The first-order chi connectivity index (χ1) is 9.58. The molecule has 2 atom stereocenters. The molecular weight excluding hydrogens is 275 g/mol. The Labute approximate surface area is 125 Å². The highest BCUT2D eigenvalue weighted by atomic mass is 35.5. The van der Waals surface area contributed by atoms with Crippen molar-refractivity contribution in [1.82, 2.24) is 4.90 Å². The predicted octanol–water partition coefficient (Wildman–Crippen LogP) is 3.79. The molecule has 2 saturated heterocycles. The van der Waals surface area contributed by atoms with E-state index in [-0.39, 0.29) is 5.82 Å². The number of fused-ring (bicyclic) bond motifs is 1. The number of hydrogen-bond donors (Lipinski definition) is 0. The molecule has 2 unspecified atom stereocenters. The Bertz CT molecular complexity index is 471. The van der Waals surface area contributed by atoms with E-state index in [1.807, 2.05) is 0 Å². The third-order valence-electron chi connectivity index (χ3n) is 4.72. The van der Waals surface area contributed by atoms with Crippen molar-refractivity contribution in [3.8, 4) is 0 Å². The Morgan fingerprint density at radius 2 is 2.10 bits per heavy atom. The Balaban J connectivity index is 1.96. The fourth-order valence-corrected chi connectivity index (χ4v) is 3.91. The molecule has 2 aliphatic rings. The topological polar surface area (TPSA) is 6.48 Å². The van der Waals surface area contributed by atoms with Crippen molar-refractivity contribution < 1.29 is 4.39 Å². The molecule has 0 N–H and O–H groups in total. The van der Waals surface area contributed by atoms with Gasteiger partial charge < -0.3 is 4.90 Å². The van der Waals surface area contributed by atoms with E-state index in [0.717, 1.165) is 13.1 Å². The lowest BCUT2D eigenvalue weighted by atomic mass is 9.96. The minimum atomic E-state index is -0.199. The fourth-order valence-electron chi connectivity index (χ4n) is 3.63. The van der Waals surface area contributed by atoms with E-state index in [1.165, 1.54) is 25.5 Å². The van der Waals surface area contributed by atoms with Crippen molar-refractivity contribution in [1.29, 1.82) is 0 Å². The molecule has 2 fully saturated rings. The summed E-state index contributed by atoms with van der Waals surface area (Å²) in [6, 6.07) is 5.87. The number of hydrogen-bond acceptors (Lipinski definition) is 2. The SMILES string of the molecule is CC(C)C1CN2CCCC2CN1c1c(F)cccc1Cl. The van der Waals surface area contributed by atoms with Crippen molar-refractivity contribution in [2.24, 2.45) is 5.92 Å². The highest BCUT2D eigenvalue weighted by molar-refractivity contribution is 6.33. The molecule has 2 heterocycles. The van der Waals surface area contributed by atoms with Crippen molar-refractivity contribution in [2.75, 3.05) is 24.5 Å². The van der Waals surface area contributed by atoms with Crippen LogP contribution in [-0.4, -0.2) is 36.6 Å². The Kier molecular flexibility index (Phi) is 3.91. The van der Waals surface area contributed by atoms with Crippen LogP contribution in [0.3, 0.4) is 0 Å². The van der Waals surface area contributed by atoms with E-state index >= 15 is 0 Å². The summed E-state index contributed by atoms with van der Waals surface area (Å²) in [6.45, 7) is 7.52. The van der Waals surface area contributed by atoms with Crippen LogP contribution in [0.5, 0.6) is 0 Å². The van der Waals surface area contributed by atoms with Crippen LogP contribution >= 0.6 is 11.6 Å². The van der Waals surface area contributed by atoms with Gasteiger partial charge in [-0.25, -0.2) is 4.39 Å². The lowest BCUT2D eigenvalue weighted by molar-refractivity contribution is 0.176. The number of benzene rings is 1. The van der Waals surface area contributed by atoms with Crippen LogP contribution in [0.4, 0.5) is 10.1 Å². The van der Waals surface area contributed by atoms with Crippen molar-refractivity contribution in [3.05, 3.63) is 29.0 Å². The molecule has 2 nitrogen and oxygen atoms in total. The molecule has 0 aliphatic carbocycles. The summed E-state index contributed by atoms with van der Waals surface area (Å²) >= 11 is 6.28. The zero-order valence-corrected chi connectivity index (χ0v) is 12.9. The average Bonchev–Trinajstić information content (AvgIpc) is 2.84. The molecule has 20 heavy (non-hydrogen) atoms. The van der Waals surface area contributed by atoms with Gasteiger partial charge in [-0.15, -0.1) is 0 Å².